The number of benzene rings is 3. The van der Waals surface area contributed by atoms with E-state index in [0.29, 0.717) is 13.0 Å². The molecule has 0 radical (unpaired) electrons. The Hall–Kier alpha value is -3.44. The molecule has 0 bridgehead atoms. The number of nitrogens with zero attached hydrogens (tertiary/aromatic N) is 2. The zero-order valence-corrected chi connectivity index (χ0v) is 19.8. The molecule has 4 rings (SSSR count). The zero-order valence-electron chi connectivity index (χ0n) is 19.8. The van der Waals surface area contributed by atoms with Crippen molar-refractivity contribution >= 4 is 11.9 Å². The summed E-state index contributed by atoms with van der Waals surface area (Å²) in [4.78, 5) is 30.8. The van der Waals surface area contributed by atoms with Crippen LogP contribution in [0.15, 0.2) is 91.0 Å². The van der Waals surface area contributed by atoms with Crippen molar-refractivity contribution in [1.82, 2.24) is 9.80 Å². The molecule has 0 N–H and O–H groups in total. The maximum atomic E-state index is 14.0. The first kappa shape index (κ1) is 23.7. The van der Waals surface area contributed by atoms with Crippen LogP contribution in [-0.2, 0) is 20.7 Å². The molecule has 0 spiro atoms. The van der Waals surface area contributed by atoms with Crippen molar-refractivity contribution in [3.63, 3.8) is 0 Å². The third kappa shape index (κ3) is 5.37. The molecule has 3 aromatic carbocycles. The van der Waals surface area contributed by atoms with Gasteiger partial charge >= 0.3 is 5.97 Å². The molecule has 1 heterocycles. The van der Waals surface area contributed by atoms with E-state index in [9.17, 15) is 9.59 Å². The van der Waals surface area contributed by atoms with Crippen molar-refractivity contribution in [1.29, 1.82) is 0 Å². The number of carbonyl (C=O) groups is 2. The predicted molar refractivity (Wildman–Crippen MR) is 133 cm³/mol. The van der Waals surface area contributed by atoms with E-state index in [1.165, 1.54) is 12.7 Å². The van der Waals surface area contributed by atoms with Crippen LogP contribution in [0.5, 0.6) is 0 Å². The van der Waals surface area contributed by atoms with Gasteiger partial charge in [0.2, 0.25) is 5.91 Å². The molecule has 0 aliphatic carbocycles. The first-order valence-electron chi connectivity index (χ1n) is 11.8. The molecule has 5 nitrogen and oxygen atoms in total. The molecule has 176 valence electrons. The van der Waals surface area contributed by atoms with Crippen LogP contribution in [-0.4, -0.2) is 61.0 Å². The Balaban J connectivity index is 1.57. The van der Waals surface area contributed by atoms with E-state index < -0.39 is 12.0 Å². The third-order valence-electron chi connectivity index (χ3n) is 6.77. The third-order valence-corrected chi connectivity index (χ3v) is 6.77. The summed E-state index contributed by atoms with van der Waals surface area (Å²) in [7, 11) is 3.46. The highest BCUT2D eigenvalue weighted by Gasteiger charge is 2.44. The normalized spacial score (nSPS) is 17.8. The van der Waals surface area contributed by atoms with Crippen molar-refractivity contribution in [2.45, 2.75) is 30.8 Å². The highest BCUT2D eigenvalue weighted by atomic mass is 16.5. The molecule has 0 aromatic heterocycles. The summed E-state index contributed by atoms with van der Waals surface area (Å²) in [6.45, 7) is 1.35. The lowest BCUT2D eigenvalue weighted by molar-refractivity contribution is -0.151. The first-order chi connectivity index (χ1) is 16.6. The number of ether oxygens (including phenoxy) is 1. The molecule has 1 aliphatic heterocycles. The summed E-state index contributed by atoms with van der Waals surface area (Å²) in [6.07, 6.45) is 1.49. The van der Waals surface area contributed by atoms with Crippen molar-refractivity contribution in [2.24, 2.45) is 0 Å². The topological polar surface area (TPSA) is 49.9 Å². The van der Waals surface area contributed by atoms with E-state index in [1.54, 1.807) is 4.90 Å². The van der Waals surface area contributed by atoms with Crippen LogP contribution in [0.25, 0.3) is 0 Å². The van der Waals surface area contributed by atoms with Crippen LogP contribution in [0.2, 0.25) is 0 Å². The molecule has 1 amide bonds. The van der Waals surface area contributed by atoms with Crippen LogP contribution in [0.3, 0.4) is 0 Å². The van der Waals surface area contributed by atoms with Gasteiger partial charge in [0.05, 0.1) is 13.0 Å². The zero-order chi connectivity index (χ0) is 23.9. The highest BCUT2D eigenvalue weighted by Crippen LogP contribution is 2.32. The lowest BCUT2D eigenvalue weighted by atomic mass is 9.90. The van der Waals surface area contributed by atoms with Gasteiger partial charge in [-0.05, 0) is 36.6 Å². The molecule has 5 heteroatoms. The van der Waals surface area contributed by atoms with Gasteiger partial charge in [0.25, 0.3) is 0 Å². The van der Waals surface area contributed by atoms with Crippen LogP contribution in [0, 0.1) is 0 Å². The van der Waals surface area contributed by atoms with Crippen LogP contribution < -0.4 is 0 Å². The fourth-order valence-corrected chi connectivity index (χ4v) is 4.80. The van der Waals surface area contributed by atoms with Gasteiger partial charge in [-0.15, -0.1) is 0 Å². The molecule has 2 unspecified atom stereocenters. The minimum absolute atomic E-state index is 0.0632. The van der Waals surface area contributed by atoms with Gasteiger partial charge in [-0.1, -0.05) is 91.0 Å². The summed E-state index contributed by atoms with van der Waals surface area (Å²) in [5, 5.41) is 0. The van der Waals surface area contributed by atoms with Gasteiger partial charge in [0, 0.05) is 19.1 Å². The largest absolute Gasteiger partial charge is 0.467 e. The maximum Gasteiger partial charge on any atom is 0.328 e. The number of rotatable bonds is 8. The van der Waals surface area contributed by atoms with Gasteiger partial charge in [-0.25, -0.2) is 4.79 Å². The van der Waals surface area contributed by atoms with E-state index >= 15 is 0 Å². The lowest BCUT2D eigenvalue weighted by Crippen LogP contribution is -2.44. The van der Waals surface area contributed by atoms with Gasteiger partial charge in [0.15, 0.2) is 0 Å². The number of carbonyl (C=O) groups excluding carboxylic acids is 2. The molecule has 34 heavy (non-hydrogen) atoms. The monoisotopic (exact) mass is 456 g/mol. The summed E-state index contributed by atoms with van der Waals surface area (Å²) in [6, 6.07) is 29.4. The summed E-state index contributed by atoms with van der Waals surface area (Å²) in [5.74, 6) is -0.887. The lowest BCUT2D eigenvalue weighted by Gasteiger charge is -2.29. The van der Waals surface area contributed by atoms with E-state index in [1.807, 2.05) is 78.9 Å². The van der Waals surface area contributed by atoms with Gasteiger partial charge in [-0.2, -0.15) is 0 Å². The number of amides is 1. The Bertz CT molecular complexity index is 1030. The molecule has 1 saturated heterocycles. The van der Waals surface area contributed by atoms with E-state index in [4.69, 9.17) is 4.74 Å². The highest BCUT2D eigenvalue weighted by molar-refractivity contribution is 5.91. The van der Waals surface area contributed by atoms with Gasteiger partial charge < -0.3 is 14.5 Å². The SMILES string of the molecule is COC(=O)C1CC(N(C)CCc2ccccc2)CN1C(=O)C(c1ccccc1)c1ccccc1. The second kappa shape index (κ2) is 11.1. The summed E-state index contributed by atoms with van der Waals surface area (Å²) in [5.41, 5.74) is 3.12. The van der Waals surface area contributed by atoms with Crippen molar-refractivity contribution in [3.8, 4) is 0 Å². The maximum absolute atomic E-state index is 14.0. The van der Waals surface area contributed by atoms with E-state index in [-0.39, 0.29) is 17.9 Å². The molecule has 3 aromatic rings. The molecule has 1 fully saturated rings. The smallest absolute Gasteiger partial charge is 0.328 e. The van der Waals surface area contributed by atoms with Crippen LogP contribution >= 0.6 is 0 Å². The fourth-order valence-electron chi connectivity index (χ4n) is 4.80. The average Bonchev–Trinajstić information content (AvgIpc) is 3.35. The number of likely N-dealkylation sites (tertiary alicyclic amines) is 1. The number of hydrogen-bond acceptors (Lipinski definition) is 4. The minimum Gasteiger partial charge on any atom is -0.467 e. The second-order valence-electron chi connectivity index (χ2n) is 8.89. The Morgan fingerprint density at radius 2 is 1.44 bits per heavy atom. The Morgan fingerprint density at radius 1 is 0.912 bits per heavy atom. The number of hydrogen-bond donors (Lipinski definition) is 0. The molecular formula is C29H32N2O3. The van der Waals surface area contributed by atoms with Crippen LogP contribution in [0.4, 0.5) is 0 Å². The van der Waals surface area contributed by atoms with Crippen molar-refractivity contribution < 1.29 is 14.3 Å². The average molecular weight is 457 g/mol. The second-order valence-corrected chi connectivity index (χ2v) is 8.89. The van der Waals surface area contributed by atoms with Crippen molar-refractivity contribution in [3.05, 3.63) is 108 Å². The number of methoxy groups -OCH3 is 1. The molecule has 0 saturated carbocycles. The number of likely N-dealkylation sites (N-methyl/N-ethyl adjacent to an activating group) is 1. The Morgan fingerprint density at radius 3 is 1.97 bits per heavy atom. The van der Waals surface area contributed by atoms with Gasteiger partial charge in [0.1, 0.15) is 6.04 Å². The standard InChI is InChI=1S/C29H32N2O3/c1-30(19-18-22-12-6-3-7-13-22)25-20-26(29(33)34-2)31(21-25)28(32)27(23-14-8-4-9-15-23)24-16-10-5-11-17-24/h3-17,25-27H,18-21H2,1-2H3. The van der Waals surface area contributed by atoms with Crippen molar-refractivity contribution in [2.75, 3.05) is 27.2 Å². The van der Waals surface area contributed by atoms with Crippen LogP contribution in [0.1, 0.15) is 29.0 Å². The Kier molecular flexibility index (Phi) is 7.76. The molecule has 2 atom stereocenters. The van der Waals surface area contributed by atoms with E-state index in [0.717, 1.165) is 24.1 Å². The molecule has 1 aliphatic rings. The summed E-state index contributed by atoms with van der Waals surface area (Å²) < 4.78 is 5.11. The number of esters is 1. The minimum atomic E-state index is -0.586. The first-order valence-corrected chi connectivity index (χ1v) is 11.8. The summed E-state index contributed by atoms with van der Waals surface area (Å²) >= 11 is 0. The van der Waals surface area contributed by atoms with Gasteiger partial charge in [-0.3, -0.25) is 4.79 Å². The Labute approximate surface area is 202 Å². The quantitative estimate of drug-likeness (QED) is 0.478. The van der Waals surface area contributed by atoms with E-state index in [2.05, 4.69) is 24.1 Å². The fraction of sp³-hybridized carbons (Fsp3) is 0.310. The predicted octanol–water partition coefficient (Wildman–Crippen LogP) is 4.14. The molecular weight excluding hydrogens is 424 g/mol.